The lowest BCUT2D eigenvalue weighted by Gasteiger charge is -2.11. The molecule has 0 fully saturated rings. The van der Waals surface area contributed by atoms with E-state index in [-0.39, 0.29) is 22.1 Å². The van der Waals surface area contributed by atoms with Crippen molar-refractivity contribution in [3.05, 3.63) is 35.1 Å². The summed E-state index contributed by atoms with van der Waals surface area (Å²) in [4.78, 5) is 2.53. The highest BCUT2D eigenvalue weighted by Gasteiger charge is 2.37. The molecule has 4 aromatic rings. The lowest BCUT2D eigenvalue weighted by Crippen LogP contribution is -2.21. The highest BCUT2D eigenvalue weighted by Crippen LogP contribution is 2.44. The van der Waals surface area contributed by atoms with Gasteiger partial charge in [-0.1, -0.05) is 11.6 Å². The molecule has 3 heterocycles. The van der Waals surface area contributed by atoms with Gasteiger partial charge in [-0.25, -0.2) is 4.39 Å². The van der Waals surface area contributed by atoms with E-state index >= 15 is 4.39 Å². The molecule has 0 aliphatic heterocycles. The van der Waals surface area contributed by atoms with Crippen molar-refractivity contribution in [3.63, 3.8) is 0 Å². The molecule has 0 spiro atoms. The van der Waals surface area contributed by atoms with E-state index < -0.39 is 24.2 Å². The Morgan fingerprint density at radius 3 is 2.67 bits per heavy atom. The Hall–Kier alpha value is -3.05. The van der Waals surface area contributed by atoms with Gasteiger partial charge in [-0.3, -0.25) is 5.10 Å². The molecule has 158 valence electrons. The van der Waals surface area contributed by atoms with E-state index in [9.17, 15) is 8.78 Å². The second-order valence-corrected chi connectivity index (χ2v) is 6.91. The smallest absolute Gasteiger partial charge is 0.329 e. The van der Waals surface area contributed by atoms with Crippen LogP contribution in [0.1, 0.15) is 5.82 Å². The van der Waals surface area contributed by atoms with Crippen LogP contribution in [0.4, 0.5) is 13.2 Å². The van der Waals surface area contributed by atoms with E-state index in [1.807, 2.05) is 0 Å². The van der Waals surface area contributed by atoms with Crippen LogP contribution in [0.25, 0.3) is 33.5 Å². The Balaban J connectivity index is 2.03. The summed E-state index contributed by atoms with van der Waals surface area (Å²) in [6.07, 6.45) is 3.11. The molecule has 0 aliphatic carbocycles. The highest BCUT2D eigenvalue weighted by molar-refractivity contribution is 6.33. The number of ether oxygens (including phenoxy) is 2. The second-order valence-electron chi connectivity index (χ2n) is 6.53. The van der Waals surface area contributed by atoms with Crippen LogP contribution in [0.5, 0.6) is 5.75 Å². The topological polar surface area (TPSA) is 93.6 Å². The fourth-order valence-corrected chi connectivity index (χ4v) is 3.63. The van der Waals surface area contributed by atoms with Crippen LogP contribution in [0.2, 0.25) is 5.02 Å². The summed E-state index contributed by atoms with van der Waals surface area (Å²) < 4.78 is 54.7. The predicted molar refractivity (Wildman–Crippen MR) is 103 cm³/mol. The van der Waals surface area contributed by atoms with Crippen LogP contribution in [0.15, 0.2) is 18.5 Å². The number of halogens is 4. The summed E-state index contributed by atoms with van der Waals surface area (Å²) in [6, 6.07) is 1.57. The molecule has 30 heavy (non-hydrogen) atoms. The van der Waals surface area contributed by atoms with Gasteiger partial charge in [-0.15, -0.1) is 10.2 Å². The third-order valence-electron chi connectivity index (χ3n) is 4.71. The number of aromatic nitrogens is 6. The number of hydrogen-bond acceptors (Lipinski definition) is 5. The zero-order valence-corrected chi connectivity index (χ0v) is 16.8. The fraction of sp³-hybridized carbons (Fsp3) is 0.278. The summed E-state index contributed by atoms with van der Waals surface area (Å²) in [5.41, 5.74) is 1.55. The van der Waals surface area contributed by atoms with Gasteiger partial charge in [-0.2, -0.15) is 13.9 Å². The molecule has 3 aromatic heterocycles. The van der Waals surface area contributed by atoms with Crippen LogP contribution in [-0.2, 0) is 17.7 Å². The van der Waals surface area contributed by atoms with E-state index in [1.54, 1.807) is 19.3 Å². The number of fused-ring (bicyclic) bond motifs is 1. The molecule has 0 atom stereocenters. The Bertz CT molecular complexity index is 1220. The molecule has 0 unspecified atom stereocenters. The monoisotopic (exact) mass is 440 g/mol. The van der Waals surface area contributed by atoms with Gasteiger partial charge in [-0.05, 0) is 6.07 Å². The van der Waals surface area contributed by atoms with E-state index in [4.69, 9.17) is 16.3 Å². The van der Waals surface area contributed by atoms with Gasteiger partial charge < -0.3 is 19.0 Å². The number of alkyl halides is 2. The Kier molecular flexibility index (Phi) is 4.94. The van der Waals surface area contributed by atoms with Crippen molar-refractivity contribution >= 4 is 22.5 Å². The summed E-state index contributed by atoms with van der Waals surface area (Å²) >= 11 is 6.09. The number of aryl methyl sites for hydroxylation is 1. The third kappa shape index (κ3) is 3.01. The lowest BCUT2D eigenvalue weighted by molar-refractivity contribution is -0.0763. The SMILES string of the molecule is COCC(F)(F)c1nnc(-c2c(-c3cn[nH]c3)c3cc(OC)c(Cl)c(F)c3n2C)[nH]1. The maximum atomic E-state index is 15.1. The number of H-pyrrole nitrogens is 2. The number of aromatic amines is 2. The minimum atomic E-state index is -3.38. The molecule has 0 bridgehead atoms. The first-order valence-corrected chi connectivity index (χ1v) is 9.01. The average Bonchev–Trinajstić information content (AvgIpc) is 3.43. The molecule has 12 heteroatoms. The van der Waals surface area contributed by atoms with Gasteiger partial charge >= 0.3 is 5.92 Å². The standard InChI is InChI=1S/C18H16ClF3N6O2/c1-28-14-9(4-10(30-3)12(19)13(14)20)11(8-5-23-24-6-8)15(28)16-25-17(27-26-16)18(21,22)7-29-2/h4-6H,7H2,1-3H3,(H,23,24)(H,25,26,27). The first-order valence-electron chi connectivity index (χ1n) is 8.64. The van der Waals surface area contributed by atoms with Crippen LogP contribution >= 0.6 is 11.6 Å². The zero-order valence-electron chi connectivity index (χ0n) is 16.1. The summed E-state index contributed by atoms with van der Waals surface area (Å²) in [5.74, 6) is -4.61. The van der Waals surface area contributed by atoms with E-state index in [1.165, 1.54) is 17.9 Å². The van der Waals surface area contributed by atoms with Gasteiger partial charge in [0.05, 0.1) is 24.5 Å². The Morgan fingerprint density at radius 2 is 2.03 bits per heavy atom. The van der Waals surface area contributed by atoms with Crippen LogP contribution in [0, 0.1) is 5.82 Å². The molecule has 1 aromatic carbocycles. The molecular weight excluding hydrogens is 425 g/mol. The second kappa shape index (κ2) is 7.33. The molecule has 0 aliphatic rings. The summed E-state index contributed by atoms with van der Waals surface area (Å²) in [5, 5.41) is 14.3. The van der Waals surface area contributed by atoms with Gasteiger partial charge in [0.15, 0.2) is 11.6 Å². The van der Waals surface area contributed by atoms with Gasteiger partial charge in [0.2, 0.25) is 5.82 Å². The molecule has 2 N–H and O–H groups in total. The summed E-state index contributed by atoms with van der Waals surface area (Å²) in [6.45, 7) is -0.868. The van der Waals surface area contributed by atoms with Crippen LogP contribution < -0.4 is 4.74 Å². The van der Waals surface area contributed by atoms with Crippen molar-refractivity contribution in [2.75, 3.05) is 20.8 Å². The number of rotatable bonds is 6. The van der Waals surface area contributed by atoms with Crippen molar-refractivity contribution in [1.82, 2.24) is 29.9 Å². The number of benzene rings is 1. The number of nitrogens with zero attached hydrogens (tertiary/aromatic N) is 4. The van der Waals surface area contributed by atoms with Crippen molar-refractivity contribution in [2.45, 2.75) is 5.92 Å². The van der Waals surface area contributed by atoms with Crippen molar-refractivity contribution < 1.29 is 22.6 Å². The van der Waals surface area contributed by atoms with E-state index in [2.05, 4.69) is 30.1 Å². The lowest BCUT2D eigenvalue weighted by atomic mass is 10.0. The third-order valence-corrected chi connectivity index (χ3v) is 5.07. The minimum absolute atomic E-state index is 0.0187. The van der Waals surface area contributed by atoms with Gasteiger partial charge in [0.25, 0.3) is 0 Å². The Labute approximate surface area is 173 Å². The predicted octanol–water partition coefficient (Wildman–Crippen LogP) is 3.89. The van der Waals surface area contributed by atoms with Crippen LogP contribution in [0.3, 0.4) is 0 Å². The maximum Gasteiger partial charge on any atom is 0.329 e. The normalized spacial score (nSPS) is 12.1. The molecule has 0 radical (unpaired) electrons. The molecule has 8 nitrogen and oxygen atoms in total. The molecular formula is C18H16ClF3N6O2. The number of nitrogens with one attached hydrogen (secondary N) is 2. The maximum absolute atomic E-state index is 15.1. The van der Waals surface area contributed by atoms with Crippen LogP contribution in [-0.4, -0.2) is 50.8 Å². The van der Waals surface area contributed by atoms with Crippen molar-refractivity contribution in [2.24, 2.45) is 7.05 Å². The largest absolute Gasteiger partial charge is 0.495 e. The van der Waals surface area contributed by atoms with Crippen molar-refractivity contribution in [3.8, 4) is 28.4 Å². The fourth-order valence-electron chi connectivity index (χ4n) is 3.41. The average molecular weight is 441 g/mol. The number of methoxy groups -OCH3 is 2. The van der Waals surface area contributed by atoms with E-state index in [0.717, 1.165) is 7.11 Å². The van der Waals surface area contributed by atoms with E-state index in [0.29, 0.717) is 22.2 Å². The summed E-state index contributed by atoms with van der Waals surface area (Å²) in [7, 11) is 4.10. The van der Waals surface area contributed by atoms with Gasteiger partial charge in [0.1, 0.15) is 17.4 Å². The Morgan fingerprint density at radius 1 is 1.27 bits per heavy atom. The number of hydrogen-bond donors (Lipinski definition) is 2. The van der Waals surface area contributed by atoms with Gasteiger partial charge in [0, 0.05) is 36.9 Å². The molecule has 4 rings (SSSR count). The first-order chi connectivity index (χ1) is 14.3. The van der Waals surface area contributed by atoms with Crippen molar-refractivity contribution in [1.29, 1.82) is 0 Å². The highest BCUT2D eigenvalue weighted by atomic mass is 35.5. The quantitative estimate of drug-likeness (QED) is 0.474. The molecule has 0 amide bonds. The zero-order chi connectivity index (χ0) is 21.6. The first kappa shape index (κ1) is 20.2. The minimum Gasteiger partial charge on any atom is -0.495 e. The molecule has 0 saturated carbocycles. The molecule has 0 saturated heterocycles.